The van der Waals surface area contributed by atoms with Crippen LogP contribution in [0.25, 0.3) is 10.8 Å². The molecule has 0 aliphatic carbocycles. The number of nitrogens with one attached hydrogen (secondary N) is 1. The summed E-state index contributed by atoms with van der Waals surface area (Å²) < 4.78 is 0. The minimum atomic E-state index is 0.0432. The summed E-state index contributed by atoms with van der Waals surface area (Å²) in [7, 11) is 0. The zero-order valence-corrected chi connectivity index (χ0v) is 11.6. The number of fused-ring (bicyclic) bond motifs is 1. The maximum absolute atomic E-state index is 9.36. The van der Waals surface area contributed by atoms with Crippen LogP contribution in [0, 0.1) is 0 Å². The highest BCUT2D eigenvalue weighted by Gasteiger charge is 2.01. The van der Waals surface area contributed by atoms with Crippen molar-refractivity contribution in [3.8, 4) is 5.75 Å². The van der Waals surface area contributed by atoms with Crippen molar-refractivity contribution >= 4 is 34.4 Å². The third-order valence-corrected chi connectivity index (χ3v) is 3.23. The molecular formula is C15H11ClN4O. The summed E-state index contributed by atoms with van der Waals surface area (Å²) in [6, 6.07) is 12.6. The summed E-state index contributed by atoms with van der Waals surface area (Å²) in [5.74, 6) is 0.621. The standard InChI is InChI=1S/C15H11ClN4O/c16-13-7-10(5-6-14(13)21)8-17-19-15-12-4-2-1-3-11(12)9-18-20-15/h1-9,21H,(H,19,20). The average molecular weight is 299 g/mol. The lowest BCUT2D eigenvalue weighted by molar-refractivity contribution is 0.475. The minimum absolute atomic E-state index is 0.0432. The molecule has 3 aromatic rings. The third-order valence-electron chi connectivity index (χ3n) is 2.93. The Balaban J connectivity index is 1.83. The summed E-state index contributed by atoms with van der Waals surface area (Å²) in [6.07, 6.45) is 3.29. The van der Waals surface area contributed by atoms with E-state index in [-0.39, 0.29) is 10.8 Å². The van der Waals surface area contributed by atoms with Gasteiger partial charge in [-0.3, -0.25) is 5.43 Å². The van der Waals surface area contributed by atoms with Gasteiger partial charge in [0.25, 0.3) is 0 Å². The molecule has 0 aliphatic rings. The number of hydrazone groups is 1. The van der Waals surface area contributed by atoms with Crippen molar-refractivity contribution in [3.05, 3.63) is 59.2 Å². The summed E-state index contributed by atoms with van der Waals surface area (Å²) in [4.78, 5) is 0. The van der Waals surface area contributed by atoms with Gasteiger partial charge >= 0.3 is 0 Å². The predicted octanol–water partition coefficient (Wildman–Crippen LogP) is 3.43. The first-order valence-corrected chi connectivity index (χ1v) is 6.60. The molecule has 3 rings (SSSR count). The summed E-state index contributed by atoms with van der Waals surface area (Å²) >= 11 is 5.83. The molecule has 2 N–H and O–H groups in total. The van der Waals surface area contributed by atoms with E-state index in [0.717, 1.165) is 16.3 Å². The van der Waals surface area contributed by atoms with E-state index in [1.54, 1.807) is 24.5 Å². The van der Waals surface area contributed by atoms with E-state index in [9.17, 15) is 5.11 Å². The Hall–Kier alpha value is -2.66. The molecule has 0 saturated heterocycles. The van der Waals surface area contributed by atoms with E-state index in [1.165, 1.54) is 6.07 Å². The van der Waals surface area contributed by atoms with Crippen LogP contribution in [0.2, 0.25) is 5.02 Å². The molecule has 0 unspecified atom stereocenters. The maximum atomic E-state index is 9.36. The van der Waals surface area contributed by atoms with Crippen molar-refractivity contribution in [2.45, 2.75) is 0 Å². The summed E-state index contributed by atoms with van der Waals surface area (Å²) in [5, 5.41) is 23.6. The van der Waals surface area contributed by atoms with Gasteiger partial charge in [0.15, 0.2) is 5.82 Å². The second-order valence-corrected chi connectivity index (χ2v) is 4.77. The lowest BCUT2D eigenvalue weighted by Crippen LogP contribution is -1.96. The number of benzene rings is 2. The fourth-order valence-electron chi connectivity index (χ4n) is 1.88. The lowest BCUT2D eigenvalue weighted by Gasteiger charge is -2.03. The van der Waals surface area contributed by atoms with Gasteiger partial charge in [-0.05, 0) is 23.8 Å². The number of aromatic nitrogens is 2. The fraction of sp³-hybridized carbons (Fsp3) is 0. The van der Waals surface area contributed by atoms with Crippen LogP contribution < -0.4 is 5.43 Å². The van der Waals surface area contributed by atoms with Gasteiger partial charge in [-0.25, -0.2) is 0 Å². The van der Waals surface area contributed by atoms with Gasteiger partial charge in [-0.1, -0.05) is 35.9 Å². The molecule has 0 bridgehead atoms. The molecule has 0 saturated carbocycles. The quantitative estimate of drug-likeness (QED) is 0.574. The van der Waals surface area contributed by atoms with Crippen LogP contribution >= 0.6 is 11.6 Å². The first-order valence-electron chi connectivity index (χ1n) is 6.22. The molecule has 0 radical (unpaired) electrons. The Morgan fingerprint density at radius 3 is 2.90 bits per heavy atom. The second kappa shape index (κ2) is 5.76. The van der Waals surface area contributed by atoms with Crippen LogP contribution in [-0.4, -0.2) is 21.5 Å². The van der Waals surface area contributed by atoms with E-state index in [1.807, 2.05) is 24.3 Å². The molecule has 21 heavy (non-hydrogen) atoms. The molecule has 0 fully saturated rings. The molecule has 5 nitrogen and oxygen atoms in total. The monoisotopic (exact) mass is 298 g/mol. The number of nitrogens with zero attached hydrogens (tertiary/aromatic N) is 3. The number of rotatable bonds is 3. The molecule has 104 valence electrons. The van der Waals surface area contributed by atoms with Gasteiger partial charge in [0.05, 0.1) is 17.4 Å². The van der Waals surface area contributed by atoms with Gasteiger partial charge in [-0.15, -0.1) is 5.10 Å². The average Bonchev–Trinajstić information content (AvgIpc) is 2.51. The van der Waals surface area contributed by atoms with Gasteiger partial charge in [0.2, 0.25) is 0 Å². The van der Waals surface area contributed by atoms with E-state index in [2.05, 4.69) is 20.7 Å². The molecule has 0 amide bonds. The van der Waals surface area contributed by atoms with Crippen LogP contribution in [0.1, 0.15) is 5.56 Å². The maximum Gasteiger partial charge on any atom is 0.176 e. The van der Waals surface area contributed by atoms with E-state index in [4.69, 9.17) is 11.6 Å². The van der Waals surface area contributed by atoms with Crippen LogP contribution in [0.15, 0.2) is 53.8 Å². The molecule has 1 heterocycles. The number of phenolic OH excluding ortho intramolecular Hbond substituents is 1. The largest absolute Gasteiger partial charge is 0.506 e. The zero-order chi connectivity index (χ0) is 14.7. The fourth-order valence-corrected chi connectivity index (χ4v) is 2.07. The lowest BCUT2D eigenvalue weighted by atomic mass is 10.2. The van der Waals surface area contributed by atoms with E-state index >= 15 is 0 Å². The summed E-state index contributed by atoms with van der Waals surface area (Å²) in [5.41, 5.74) is 3.62. The molecule has 1 aromatic heterocycles. The van der Waals surface area contributed by atoms with Gasteiger partial charge in [0, 0.05) is 10.8 Å². The molecular weight excluding hydrogens is 288 g/mol. The normalized spacial score (nSPS) is 11.1. The number of phenols is 1. The number of aromatic hydroxyl groups is 1. The van der Waals surface area contributed by atoms with Crippen molar-refractivity contribution in [2.75, 3.05) is 5.43 Å². The molecule has 0 spiro atoms. The van der Waals surface area contributed by atoms with E-state index < -0.39 is 0 Å². The Kier molecular flexibility index (Phi) is 3.66. The summed E-state index contributed by atoms with van der Waals surface area (Å²) in [6.45, 7) is 0. The smallest absolute Gasteiger partial charge is 0.176 e. The molecule has 6 heteroatoms. The van der Waals surface area contributed by atoms with Crippen molar-refractivity contribution in [3.63, 3.8) is 0 Å². The minimum Gasteiger partial charge on any atom is -0.506 e. The first-order chi connectivity index (χ1) is 10.2. The highest BCUT2D eigenvalue weighted by Crippen LogP contribution is 2.23. The Labute approximate surface area is 125 Å². The first kappa shape index (κ1) is 13.3. The number of hydrogen-bond donors (Lipinski definition) is 2. The number of anilines is 1. The van der Waals surface area contributed by atoms with Gasteiger partial charge in [-0.2, -0.15) is 10.2 Å². The van der Waals surface area contributed by atoms with Crippen molar-refractivity contribution < 1.29 is 5.11 Å². The highest BCUT2D eigenvalue weighted by atomic mass is 35.5. The Morgan fingerprint density at radius 1 is 1.19 bits per heavy atom. The van der Waals surface area contributed by atoms with Crippen molar-refractivity contribution in [1.29, 1.82) is 0 Å². The number of hydrogen-bond acceptors (Lipinski definition) is 5. The topological polar surface area (TPSA) is 70.4 Å². The van der Waals surface area contributed by atoms with Crippen molar-refractivity contribution in [1.82, 2.24) is 10.2 Å². The zero-order valence-electron chi connectivity index (χ0n) is 10.9. The van der Waals surface area contributed by atoms with Gasteiger partial charge in [0.1, 0.15) is 5.75 Å². The SMILES string of the molecule is Oc1ccc(C=NNc2nncc3ccccc23)cc1Cl. The van der Waals surface area contributed by atoms with Crippen LogP contribution in [0.5, 0.6) is 5.75 Å². The Morgan fingerprint density at radius 2 is 2.05 bits per heavy atom. The molecule has 0 aliphatic heterocycles. The van der Waals surface area contributed by atoms with Crippen molar-refractivity contribution in [2.24, 2.45) is 5.10 Å². The third kappa shape index (κ3) is 2.93. The second-order valence-electron chi connectivity index (χ2n) is 4.36. The van der Waals surface area contributed by atoms with Crippen LogP contribution in [-0.2, 0) is 0 Å². The Bertz CT molecular complexity index is 814. The molecule has 0 atom stereocenters. The predicted molar refractivity (Wildman–Crippen MR) is 83.9 cm³/mol. The van der Waals surface area contributed by atoms with Crippen LogP contribution in [0.3, 0.4) is 0 Å². The molecule has 2 aromatic carbocycles. The van der Waals surface area contributed by atoms with E-state index in [0.29, 0.717) is 5.82 Å². The number of halogens is 1. The van der Waals surface area contributed by atoms with Gasteiger partial charge < -0.3 is 5.11 Å². The van der Waals surface area contributed by atoms with Crippen LogP contribution in [0.4, 0.5) is 5.82 Å². The highest BCUT2D eigenvalue weighted by molar-refractivity contribution is 6.32.